The second-order valence-corrected chi connectivity index (χ2v) is 7.44. The monoisotopic (exact) mass is 448 g/mol. The van der Waals surface area contributed by atoms with Gasteiger partial charge in [0, 0.05) is 32.0 Å². The summed E-state index contributed by atoms with van der Waals surface area (Å²) in [6.45, 7) is 6.36. The lowest BCUT2D eigenvalue weighted by molar-refractivity contribution is -0.386. The summed E-state index contributed by atoms with van der Waals surface area (Å²) in [7, 11) is 3.40. The highest BCUT2D eigenvalue weighted by molar-refractivity contribution is 5.54. The quantitative estimate of drug-likeness (QED) is 0.187. The van der Waals surface area contributed by atoms with Crippen LogP contribution < -0.4 is 9.64 Å². The van der Waals surface area contributed by atoms with Gasteiger partial charge in [0.2, 0.25) is 0 Å². The smallest absolute Gasteiger partial charge is 0.275 e. The number of methoxy groups -OCH3 is 1. The number of hydrogen-bond acceptors (Lipinski definition) is 6. The van der Waals surface area contributed by atoms with Gasteiger partial charge in [-0.05, 0) is 42.8 Å². The van der Waals surface area contributed by atoms with E-state index in [9.17, 15) is 10.1 Å². The van der Waals surface area contributed by atoms with Crippen LogP contribution in [0.4, 0.5) is 11.4 Å². The Balaban J connectivity index is 1.74. The van der Waals surface area contributed by atoms with Crippen LogP contribution in [0.25, 0.3) is 0 Å². The average Bonchev–Trinajstić information content (AvgIpc) is 2.83. The van der Waals surface area contributed by atoms with E-state index >= 15 is 0 Å². The Morgan fingerprint density at radius 2 is 1.79 bits per heavy atom. The molecule has 0 aliphatic heterocycles. The third kappa shape index (κ3) is 6.11. The first-order valence-electron chi connectivity index (χ1n) is 10.6. The van der Waals surface area contributed by atoms with Gasteiger partial charge in [-0.15, -0.1) is 0 Å². The van der Waals surface area contributed by atoms with Crippen LogP contribution in [-0.4, -0.2) is 19.1 Å². The van der Waals surface area contributed by atoms with Gasteiger partial charge in [-0.3, -0.25) is 10.1 Å². The molecule has 7 heteroatoms. The van der Waals surface area contributed by atoms with Crippen LogP contribution in [-0.2, 0) is 16.1 Å². The molecule has 0 amide bonds. The molecule has 0 N–H and O–H groups in total. The van der Waals surface area contributed by atoms with E-state index < -0.39 is 11.0 Å². The second-order valence-electron chi connectivity index (χ2n) is 7.44. The molecule has 0 saturated heterocycles. The molecule has 0 aliphatic carbocycles. The topological polar surface area (TPSA) is 74.1 Å². The summed E-state index contributed by atoms with van der Waals surface area (Å²) in [6, 6.07) is 22.0. The van der Waals surface area contributed by atoms with Crippen molar-refractivity contribution in [1.29, 1.82) is 0 Å². The van der Waals surface area contributed by atoms with E-state index in [-0.39, 0.29) is 5.69 Å². The molecule has 0 bridgehead atoms. The highest BCUT2D eigenvalue weighted by Crippen LogP contribution is 2.35. The van der Waals surface area contributed by atoms with E-state index in [1.54, 1.807) is 12.1 Å². The maximum atomic E-state index is 11.4. The molecule has 1 unspecified atom stereocenters. The summed E-state index contributed by atoms with van der Waals surface area (Å²) in [5.74, 6) is 1.57. The van der Waals surface area contributed by atoms with E-state index in [1.165, 1.54) is 13.2 Å². The molecule has 0 aliphatic rings. The molecule has 1 atom stereocenters. The zero-order chi connectivity index (χ0) is 23.8. The number of anilines is 1. The molecule has 33 heavy (non-hydrogen) atoms. The van der Waals surface area contributed by atoms with Gasteiger partial charge in [0.15, 0.2) is 5.88 Å². The van der Waals surface area contributed by atoms with Crippen molar-refractivity contribution >= 4 is 11.4 Å². The van der Waals surface area contributed by atoms with Gasteiger partial charge >= 0.3 is 0 Å². The van der Waals surface area contributed by atoms with Crippen molar-refractivity contribution in [3.63, 3.8) is 0 Å². The van der Waals surface area contributed by atoms with Gasteiger partial charge in [0.25, 0.3) is 5.69 Å². The fourth-order valence-electron chi connectivity index (χ4n) is 3.41. The fourth-order valence-corrected chi connectivity index (χ4v) is 3.41. The Morgan fingerprint density at radius 3 is 2.45 bits per heavy atom. The van der Waals surface area contributed by atoms with Crippen molar-refractivity contribution in [2.24, 2.45) is 0 Å². The normalized spacial score (nSPS) is 11.5. The lowest BCUT2D eigenvalue weighted by Crippen LogP contribution is -2.17. The van der Waals surface area contributed by atoms with Crippen LogP contribution in [0.5, 0.6) is 11.5 Å². The van der Waals surface area contributed by atoms with Gasteiger partial charge in [-0.2, -0.15) is 0 Å². The second kappa shape index (κ2) is 11.2. The van der Waals surface area contributed by atoms with Gasteiger partial charge in [0.05, 0.1) is 16.6 Å². The predicted molar refractivity (Wildman–Crippen MR) is 128 cm³/mol. The van der Waals surface area contributed by atoms with Crippen molar-refractivity contribution in [2.45, 2.75) is 26.1 Å². The highest BCUT2D eigenvalue weighted by atomic mass is 16.6. The molecule has 0 spiro atoms. The number of ether oxygens (including phenoxy) is 3. The van der Waals surface area contributed by atoms with E-state index in [1.807, 2.05) is 73.5 Å². The molecular formula is C26H28N2O5. The molecule has 7 nitrogen and oxygen atoms in total. The van der Waals surface area contributed by atoms with E-state index in [2.05, 4.69) is 6.58 Å². The summed E-state index contributed by atoms with van der Waals surface area (Å²) in [6.07, 6.45) is 0.211. The SMILES string of the molecule is C=C(OCc1ccccc1)N(C)c1cccc(Oc2ccc([N+](=O)[O-])c(C(CC)OC)c2)c1. The lowest BCUT2D eigenvalue weighted by atomic mass is 10.0. The number of benzene rings is 3. The maximum Gasteiger partial charge on any atom is 0.275 e. The van der Waals surface area contributed by atoms with E-state index in [0.29, 0.717) is 36.0 Å². The first-order chi connectivity index (χ1) is 15.9. The summed E-state index contributed by atoms with van der Waals surface area (Å²) in [4.78, 5) is 12.9. The van der Waals surface area contributed by atoms with Crippen molar-refractivity contribution < 1.29 is 19.1 Å². The van der Waals surface area contributed by atoms with Crippen LogP contribution in [0, 0.1) is 10.1 Å². The Kier molecular flexibility index (Phi) is 8.05. The first kappa shape index (κ1) is 23.8. The van der Waals surface area contributed by atoms with Crippen molar-refractivity contribution in [3.8, 4) is 11.5 Å². The number of hydrogen-bond donors (Lipinski definition) is 0. The predicted octanol–water partition coefficient (Wildman–Crippen LogP) is 6.61. The van der Waals surface area contributed by atoms with Crippen molar-refractivity contribution in [3.05, 3.63) is 106 Å². The third-order valence-corrected chi connectivity index (χ3v) is 5.26. The molecule has 3 aromatic rings. The summed E-state index contributed by atoms with van der Waals surface area (Å²) >= 11 is 0. The maximum absolute atomic E-state index is 11.4. The zero-order valence-corrected chi connectivity index (χ0v) is 19.1. The molecule has 172 valence electrons. The van der Waals surface area contributed by atoms with E-state index in [0.717, 1.165) is 11.3 Å². The molecule has 0 heterocycles. The molecule has 0 radical (unpaired) electrons. The Bertz CT molecular complexity index is 1100. The van der Waals surface area contributed by atoms with Gasteiger partial charge in [-0.1, -0.05) is 43.3 Å². The number of nitro benzene ring substituents is 1. The molecule has 0 saturated carbocycles. The minimum absolute atomic E-state index is 0.0106. The number of nitrogens with zero attached hydrogens (tertiary/aromatic N) is 2. The molecular weight excluding hydrogens is 420 g/mol. The molecule has 3 aromatic carbocycles. The van der Waals surface area contributed by atoms with Gasteiger partial charge in [0.1, 0.15) is 18.1 Å². The number of rotatable bonds is 11. The van der Waals surface area contributed by atoms with Crippen LogP contribution in [0.3, 0.4) is 0 Å². The lowest BCUT2D eigenvalue weighted by Gasteiger charge is -2.22. The van der Waals surface area contributed by atoms with Crippen LogP contribution in [0.2, 0.25) is 0 Å². The van der Waals surface area contributed by atoms with Crippen LogP contribution >= 0.6 is 0 Å². The third-order valence-electron chi connectivity index (χ3n) is 5.26. The average molecular weight is 449 g/mol. The summed E-state index contributed by atoms with van der Waals surface area (Å²) < 4.78 is 17.3. The minimum atomic E-state index is -0.405. The Morgan fingerprint density at radius 1 is 1.06 bits per heavy atom. The van der Waals surface area contributed by atoms with Crippen molar-refractivity contribution in [2.75, 3.05) is 19.1 Å². The largest absolute Gasteiger partial charge is 0.474 e. The zero-order valence-electron chi connectivity index (χ0n) is 19.1. The minimum Gasteiger partial charge on any atom is -0.474 e. The summed E-state index contributed by atoms with van der Waals surface area (Å²) in [5, 5.41) is 11.4. The van der Waals surface area contributed by atoms with Gasteiger partial charge in [-0.25, -0.2) is 0 Å². The molecule has 0 aromatic heterocycles. The van der Waals surface area contributed by atoms with E-state index in [4.69, 9.17) is 14.2 Å². The standard InChI is InChI=1S/C26H28N2O5/c1-5-26(31-4)24-17-23(14-15-25(24)28(29)30)33-22-13-9-12-21(16-22)27(3)19(2)32-18-20-10-7-6-8-11-20/h6-17,26H,2,5,18H2,1,3-4H3. The van der Waals surface area contributed by atoms with Crippen LogP contribution in [0.15, 0.2) is 85.3 Å². The highest BCUT2D eigenvalue weighted by Gasteiger charge is 2.22. The Hall–Kier alpha value is -3.84. The van der Waals surface area contributed by atoms with Gasteiger partial charge < -0.3 is 19.1 Å². The number of nitro groups is 1. The first-order valence-corrected chi connectivity index (χ1v) is 10.6. The fraction of sp³-hybridized carbons (Fsp3) is 0.231. The molecule has 0 fully saturated rings. The molecule has 3 rings (SSSR count). The van der Waals surface area contributed by atoms with Crippen LogP contribution in [0.1, 0.15) is 30.6 Å². The van der Waals surface area contributed by atoms with Crippen molar-refractivity contribution in [1.82, 2.24) is 0 Å². The summed E-state index contributed by atoms with van der Waals surface area (Å²) in [5.41, 5.74) is 2.38. The Labute approximate surface area is 194 Å².